The smallest absolute Gasteiger partial charge is 0.151 e. The molecule has 2 N–H and O–H groups in total. The second-order valence-corrected chi connectivity index (χ2v) is 8.14. The Hall–Kier alpha value is -2.18. The van der Waals surface area contributed by atoms with Crippen LogP contribution in [0.5, 0.6) is 5.75 Å². The third-order valence-electron chi connectivity index (χ3n) is 5.94. The molecule has 2 aliphatic rings. The van der Waals surface area contributed by atoms with Crippen molar-refractivity contribution in [1.82, 2.24) is 20.4 Å². The summed E-state index contributed by atoms with van der Waals surface area (Å²) in [7, 11) is 2.15. The zero-order chi connectivity index (χ0) is 19.3. The maximum atomic E-state index is 10.2. The maximum absolute atomic E-state index is 10.2. The minimum atomic E-state index is 0.300. The Labute approximate surface area is 167 Å². The monoisotopic (exact) mass is 381 g/mol. The van der Waals surface area contributed by atoms with Crippen molar-refractivity contribution in [2.24, 2.45) is 0 Å². The average molecular weight is 382 g/mol. The van der Waals surface area contributed by atoms with Gasteiger partial charge in [-0.25, -0.2) is 0 Å². The van der Waals surface area contributed by atoms with E-state index in [2.05, 4.69) is 38.4 Å². The molecule has 28 heavy (non-hydrogen) atoms. The van der Waals surface area contributed by atoms with E-state index in [9.17, 15) is 5.11 Å². The molecule has 4 rings (SSSR count). The van der Waals surface area contributed by atoms with Gasteiger partial charge >= 0.3 is 0 Å². The highest BCUT2D eigenvalue weighted by atomic mass is 16.3. The lowest BCUT2D eigenvalue weighted by molar-refractivity contribution is 0.312. The van der Waals surface area contributed by atoms with Crippen LogP contribution in [0.2, 0.25) is 0 Å². The molecule has 0 unspecified atom stereocenters. The minimum Gasteiger partial charge on any atom is -0.508 e. The Morgan fingerprint density at radius 2 is 1.93 bits per heavy atom. The summed E-state index contributed by atoms with van der Waals surface area (Å²) in [6.45, 7) is 5.20. The first-order chi connectivity index (χ1) is 13.7. The van der Waals surface area contributed by atoms with Crippen molar-refractivity contribution < 1.29 is 5.11 Å². The van der Waals surface area contributed by atoms with E-state index in [0.717, 1.165) is 68.2 Å². The van der Waals surface area contributed by atoms with Crippen molar-refractivity contribution in [3.63, 3.8) is 0 Å². The largest absolute Gasteiger partial charge is 0.508 e. The standard InChI is InChI=1S/C22H31N5O/c1-26-10-12-27(13-11-26)22-8-7-21(24-25-22)18-14-17(15-20(28)16-18)5-6-19-4-2-3-9-23-19/h7-8,14-16,19,23,28H,2-6,9-13H2,1H3/t19-/m0/s1. The third kappa shape index (κ3) is 4.80. The van der Waals surface area contributed by atoms with E-state index in [-0.39, 0.29) is 0 Å². The second-order valence-electron chi connectivity index (χ2n) is 8.14. The lowest BCUT2D eigenvalue weighted by atomic mass is 9.96. The highest BCUT2D eigenvalue weighted by Gasteiger charge is 2.16. The Morgan fingerprint density at radius 1 is 1.07 bits per heavy atom. The highest BCUT2D eigenvalue weighted by molar-refractivity contribution is 5.63. The molecule has 1 atom stereocenters. The number of aromatic hydroxyl groups is 1. The van der Waals surface area contributed by atoms with Crippen LogP contribution in [0.1, 0.15) is 31.2 Å². The van der Waals surface area contributed by atoms with Crippen molar-refractivity contribution in [1.29, 1.82) is 0 Å². The maximum Gasteiger partial charge on any atom is 0.151 e. The van der Waals surface area contributed by atoms with Gasteiger partial charge in [-0.05, 0) is 75.2 Å². The Morgan fingerprint density at radius 3 is 2.64 bits per heavy atom. The molecule has 2 saturated heterocycles. The van der Waals surface area contributed by atoms with E-state index >= 15 is 0 Å². The summed E-state index contributed by atoms with van der Waals surface area (Å²) >= 11 is 0. The normalized spacial score (nSPS) is 21.0. The van der Waals surface area contributed by atoms with Crippen LogP contribution in [-0.2, 0) is 6.42 Å². The summed E-state index contributed by atoms with van der Waals surface area (Å²) in [5, 5.41) is 22.7. The van der Waals surface area contributed by atoms with E-state index in [1.54, 1.807) is 6.07 Å². The van der Waals surface area contributed by atoms with Crippen LogP contribution in [0.3, 0.4) is 0 Å². The molecule has 6 heteroatoms. The Balaban J connectivity index is 1.43. The molecule has 2 aliphatic heterocycles. The number of aromatic nitrogens is 2. The first-order valence-corrected chi connectivity index (χ1v) is 10.5. The minimum absolute atomic E-state index is 0.300. The molecule has 1 aromatic heterocycles. The van der Waals surface area contributed by atoms with Crippen molar-refractivity contribution >= 4 is 5.82 Å². The summed E-state index contributed by atoms with van der Waals surface area (Å²) in [5.74, 6) is 1.23. The first kappa shape index (κ1) is 19.2. The van der Waals surface area contributed by atoms with E-state index < -0.39 is 0 Å². The lowest BCUT2D eigenvalue weighted by Crippen LogP contribution is -2.44. The number of anilines is 1. The van der Waals surface area contributed by atoms with Gasteiger partial charge in [-0.3, -0.25) is 0 Å². The van der Waals surface area contributed by atoms with E-state index in [0.29, 0.717) is 11.8 Å². The molecular formula is C22H31N5O. The fraction of sp³-hybridized carbons (Fsp3) is 0.545. The summed E-state index contributed by atoms with van der Waals surface area (Å²) in [6.07, 6.45) is 5.93. The van der Waals surface area contributed by atoms with Crippen molar-refractivity contribution in [3.05, 3.63) is 35.9 Å². The van der Waals surface area contributed by atoms with Crippen LogP contribution in [0, 0.1) is 0 Å². The number of piperazine rings is 1. The van der Waals surface area contributed by atoms with Crippen LogP contribution in [0.15, 0.2) is 30.3 Å². The molecular weight excluding hydrogens is 350 g/mol. The lowest BCUT2D eigenvalue weighted by Gasteiger charge is -2.32. The first-order valence-electron chi connectivity index (χ1n) is 10.5. The predicted molar refractivity (Wildman–Crippen MR) is 113 cm³/mol. The zero-order valence-electron chi connectivity index (χ0n) is 16.8. The molecule has 0 amide bonds. The van der Waals surface area contributed by atoms with Crippen LogP contribution in [0.25, 0.3) is 11.3 Å². The molecule has 0 aliphatic carbocycles. The van der Waals surface area contributed by atoms with Gasteiger partial charge in [0.2, 0.25) is 0 Å². The number of hydrogen-bond acceptors (Lipinski definition) is 6. The summed E-state index contributed by atoms with van der Waals surface area (Å²) < 4.78 is 0. The average Bonchev–Trinajstić information content (AvgIpc) is 2.73. The van der Waals surface area contributed by atoms with Crippen molar-refractivity contribution in [3.8, 4) is 17.0 Å². The quantitative estimate of drug-likeness (QED) is 0.830. The summed E-state index contributed by atoms with van der Waals surface area (Å²) in [6, 6.07) is 10.5. The summed E-state index contributed by atoms with van der Waals surface area (Å²) in [5.41, 5.74) is 2.90. The number of nitrogens with zero attached hydrogens (tertiary/aromatic N) is 4. The molecule has 1 aromatic carbocycles. The van der Waals surface area contributed by atoms with E-state index in [4.69, 9.17) is 0 Å². The van der Waals surface area contributed by atoms with E-state index in [1.807, 2.05) is 18.2 Å². The topological polar surface area (TPSA) is 64.5 Å². The molecule has 2 aromatic rings. The zero-order valence-corrected chi connectivity index (χ0v) is 16.8. The van der Waals surface area contributed by atoms with Crippen LogP contribution in [-0.4, -0.2) is 66.0 Å². The van der Waals surface area contributed by atoms with Crippen molar-refractivity contribution in [2.75, 3.05) is 44.7 Å². The number of nitrogens with one attached hydrogen (secondary N) is 1. The molecule has 3 heterocycles. The number of aryl methyl sites for hydroxylation is 1. The molecule has 0 radical (unpaired) electrons. The molecule has 6 nitrogen and oxygen atoms in total. The molecule has 0 spiro atoms. The fourth-order valence-electron chi connectivity index (χ4n) is 4.16. The van der Waals surface area contributed by atoms with Crippen LogP contribution in [0.4, 0.5) is 5.82 Å². The van der Waals surface area contributed by atoms with Gasteiger partial charge in [-0.1, -0.05) is 6.42 Å². The molecule has 150 valence electrons. The number of phenolic OH excluding ortho intramolecular Hbond substituents is 1. The van der Waals surface area contributed by atoms with Crippen LogP contribution >= 0.6 is 0 Å². The van der Waals surface area contributed by atoms with Crippen molar-refractivity contribution in [2.45, 2.75) is 38.1 Å². The SMILES string of the molecule is CN1CCN(c2ccc(-c3cc(O)cc(CC[C@@H]4CCCCN4)c3)nn2)CC1. The Bertz CT molecular complexity index is 765. The summed E-state index contributed by atoms with van der Waals surface area (Å²) in [4.78, 5) is 4.61. The van der Waals surface area contributed by atoms with Gasteiger partial charge in [0.15, 0.2) is 5.82 Å². The Kier molecular flexibility index (Phi) is 6.07. The van der Waals surface area contributed by atoms with E-state index in [1.165, 1.54) is 19.3 Å². The van der Waals surface area contributed by atoms with Gasteiger partial charge in [0.1, 0.15) is 5.75 Å². The van der Waals surface area contributed by atoms with Gasteiger partial charge in [-0.15, -0.1) is 10.2 Å². The number of likely N-dealkylation sites (N-methyl/N-ethyl adjacent to an activating group) is 1. The number of piperidine rings is 1. The van der Waals surface area contributed by atoms with Gasteiger partial charge < -0.3 is 20.2 Å². The highest BCUT2D eigenvalue weighted by Crippen LogP contribution is 2.26. The van der Waals surface area contributed by atoms with Gasteiger partial charge in [0.05, 0.1) is 5.69 Å². The fourth-order valence-corrected chi connectivity index (χ4v) is 4.16. The van der Waals surface area contributed by atoms with Crippen LogP contribution < -0.4 is 10.2 Å². The molecule has 2 fully saturated rings. The van der Waals surface area contributed by atoms with Gasteiger partial charge in [0.25, 0.3) is 0 Å². The predicted octanol–water partition coefficient (Wildman–Crippen LogP) is 2.68. The number of hydrogen-bond donors (Lipinski definition) is 2. The number of phenols is 1. The van der Waals surface area contributed by atoms with Gasteiger partial charge in [-0.2, -0.15) is 0 Å². The third-order valence-corrected chi connectivity index (χ3v) is 5.94. The molecule has 0 bridgehead atoms. The second kappa shape index (κ2) is 8.88. The molecule has 0 saturated carbocycles. The van der Waals surface area contributed by atoms with Gasteiger partial charge in [0, 0.05) is 37.8 Å². The number of rotatable bonds is 5. The number of benzene rings is 1.